The fourth-order valence-corrected chi connectivity index (χ4v) is 5.96. The van der Waals surface area contributed by atoms with E-state index >= 15 is 0 Å². The number of ether oxygens (including phenoxy) is 4. The van der Waals surface area contributed by atoms with E-state index in [2.05, 4.69) is 16.0 Å². The third kappa shape index (κ3) is 6.29. The number of H-pyrrole nitrogens is 1. The Morgan fingerprint density at radius 1 is 0.886 bits per heavy atom. The number of amides is 1. The van der Waals surface area contributed by atoms with Crippen molar-refractivity contribution in [2.75, 3.05) is 34.2 Å². The maximum Gasteiger partial charge on any atom is 0.260 e. The fourth-order valence-electron chi connectivity index (χ4n) is 4.62. The number of benzene rings is 2. The highest BCUT2D eigenvalue weighted by molar-refractivity contribution is 7.71. The SMILES string of the molecule is COc1ccc(-c2cc(C)c(C#N)c(=S)[nH]2)cc1OC.COc1ccc(-c2cc(C)c3c(N)c(C(N)=O)sc3n2)cc1OC. The number of primary amides is 1. The standard InChI is InChI=1S/C17H17N3O3S.C15H14N2O2S/c1-8-6-10(9-4-5-11(22-2)12(7-9)23-3)20-17-13(8)14(18)15(24-17)16(19)21;1-9-6-12(17-15(20)11(9)8-16)10-4-5-13(18-2)14(7-10)19-3/h4-7H,18H2,1-3H3,(H2,19,21);4-7H,1-3H3,(H,17,20). The molecule has 0 spiro atoms. The predicted molar refractivity (Wildman–Crippen MR) is 175 cm³/mol. The molecule has 0 radical (unpaired) electrons. The highest BCUT2D eigenvalue weighted by Gasteiger charge is 2.18. The van der Waals surface area contributed by atoms with Gasteiger partial charge in [0, 0.05) is 22.2 Å². The first-order valence-electron chi connectivity index (χ1n) is 13.1. The van der Waals surface area contributed by atoms with Gasteiger partial charge in [0.1, 0.15) is 20.4 Å². The van der Waals surface area contributed by atoms with Crippen LogP contribution in [0.15, 0.2) is 48.5 Å². The highest BCUT2D eigenvalue weighted by atomic mass is 32.1. The molecule has 3 aromatic heterocycles. The van der Waals surface area contributed by atoms with Crippen LogP contribution in [0.25, 0.3) is 32.7 Å². The van der Waals surface area contributed by atoms with Crippen molar-refractivity contribution in [2.45, 2.75) is 13.8 Å². The molecule has 44 heavy (non-hydrogen) atoms. The first kappa shape index (κ1) is 31.8. The zero-order valence-corrected chi connectivity index (χ0v) is 26.7. The number of nitriles is 1. The zero-order valence-electron chi connectivity index (χ0n) is 25.0. The number of nitrogen functional groups attached to an aromatic ring is 1. The molecule has 5 N–H and O–H groups in total. The Bertz CT molecular complexity index is 1980. The lowest BCUT2D eigenvalue weighted by atomic mass is 10.1. The summed E-state index contributed by atoms with van der Waals surface area (Å²) in [5, 5.41) is 9.81. The molecule has 0 bridgehead atoms. The minimum absolute atomic E-state index is 0.338. The van der Waals surface area contributed by atoms with Crippen LogP contribution in [0.2, 0.25) is 0 Å². The maximum atomic E-state index is 11.5. The lowest BCUT2D eigenvalue weighted by Gasteiger charge is -2.10. The van der Waals surface area contributed by atoms with Gasteiger partial charge in [-0.15, -0.1) is 11.3 Å². The largest absolute Gasteiger partial charge is 0.493 e. The number of anilines is 1. The summed E-state index contributed by atoms with van der Waals surface area (Å²) in [5.74, 6) is 2.04. The van der Waals surface area contributed by atoms with Crippen LogP contribution < -0.4 is 30.4 Å². The van der Waals surface area contributed by atoms with Gasteiger partial charge in [0.2, 0.25) is 0 Å². The molecule has 0 aliphatic heterocycles. The molecule has 3 heterocycles. The summed E-state index contributed by atoms with van der Waals surface area (Å²) >= 11 is 6.41. The van der Waals surface area contributed by atoms with E-state index in [1.165, 1.54) is 11.3 Å². The number of aryl methyl sites for hydroxylation is 2. The van der Waals surface area contributed by atoms with Gasteiger partial charge in [0.15, 0.2) is 23.0 Å². The lowest BCUT2D eigenvalue weighted by molar-refractivity contribution is 0.100. The Hall–Kier alpha value is -5.12. The van der Waals surface area contributed by atoms with Crippen molar-refractivity contribution >= 4 is 45.4 Å². The summed E-state index contributed by atoms with van der Waals surface area (Å²) < 4.78 is 21.5. The Kier molecular flexibility index (Phi) is 9.73. The van der Waals surface area contributed by atoms with Gasteiger partial charge in [-0.3, -0.25) is 4.79 Å². The molecule has 2 aromatic carbocycles. The van der Waals surface area contributed by atoms with Crippen molar-refractivity contribution in [3.63, 3.8) is 0 Å². The van der Waals surface area contributed by atoms with Gasteiger partial charge in [0.05, 0.1) is 45.4 Å². The Balaban J connectivity index is 0.000000204. The molecule has 226 valence electrons. The van der Waals surface area contributed by atoms with Crippen molar-refractivity contribution in [2.24, 2.45) is 5.73 Å². The van der Waals surface area contributed by atoms with Crippen molar-refractivity contribution < 1.29 is 23.7 Å². The van der Waals surface area contributed by atoms with Crippen LogP contribution in [0.4, 0.5) is 5.69 Å². The number of pyridine rings is 2. The Labute approximate surface area is 263 Å². The molecule has 5 aromatic rings. The zero-order chi connectivity index (χ0) is 32.1. The molecule has 0 saturated carbocycles. The van der Waals surface area contributed by atoms with Gasteiger partial charge in [-0.2, -0.15) is 5.26 Å². The molecular formula is C32H31N5O5S2. The second-order valence-corrected chi connectivity index (χ2v) is 10.9. The van der Waals surface area contributed by atoms with Gasteiger partial charge in [-0.25, -0.2) is 4.98 Å². The molecule has 0 fully saturated rings. The minimum atomic E-state index is -0.539. The fraction of sp³-hybridized carbons (Fsp3) is 0.188. The first-order valence-corrected chi connectivity index (χ1v) is 14.4. The third-order valence-electron chi connectivity index (χ3n) is 6.84. The van der Waals surface area contributed by atoms with Gasteiger partial charge in [0.25, 0.3) is 5.91 Å². The van der Waals surface area contributed by atoms with Crippen LogP contribution in [0.3, 0.4) is 0 Å². The van der Waals surface area contributed by atoms with E-state index in [9.17, 15) is 4.79 Å². The van der Waals surface area contributed by atoms with E-state index in [1.54, 1.807) is 28.4 Å². The van der Waals surface area contributed by atoms with Crippen molar-refractivity contribution in [3.05, 3.63) is 74.7 Å². The van der Waals surface area contributed by atoms with Crippen molar-refractivity contribution in [3.8, 4) is 51.6 Å². The monoisotopic (exact) mass is 629 g/mol. The predicted octanol–water partition coefficient (Wildman–Crippen LogP) is 6.58. The number of carbonyl (C=O) groups is 1. The van der Waals surface area contributed by atoms with E-state index in [0.29, 0.717) is 48.6 Å². The smallest absolute Gasteiger partial charge is 0.260 e. The van der Waals surface area contributed by atoms with E-state index < -0.39 is 5.91 Å². The summed E-state index contributed by atoms with van der Waals surface area (Å²) in [6.45, 7) is 3.80. The average Bonchev–Trinajstić information content (AvgIpc) is 3.37. The van der Waals surface area contributed by atoms with Gasteiger partial charge in [-0.1, -0.05) is 12.2 Å². The number of thiophene rings is 1. The normalized spacial score (nSPS) is 10.4. The number of hydrogen-bond acceptors (Lipinski definition) is 10. The molecule has 0 aliphatic carbocycles. The summed E-state index contributed by atoms with van der Waals surface area (Å²) in [7, 11) is 6.36. The summed E-state index contributed by atoms with van der Waals surface area (Å²) in [6.07, 6.45) is 0. The number of carbonyl (C=O) groups excluding carboxylic acids is 1. The summed E-state index contributed by atoms with van der Waals surface area (Å²) in [4.78, 5) is 20.2. The van der Waals surface area contributed by atoms with Gasteiger partial charge in [-0.05, 0) is 73.5 Å². The summed E-state index contributed by atoms with van der Waals surface area (Å²) in [6, 6.07) is 17.1. The Morgan fingerprint density at radius 3 is 1.98 bits per heavy atom. The second-order valence-electron chi connectivity index (χ2n) is 9.54. The first-order chi connectivity index (χ1) is 21.1. The minimum Gasteiger partial charge on any atom is -0.493 e. The number of aromatic amines is 1. The molecule has 5 rings (SSSR count). The molecular weight excluding hydrogens is 599 g/mol. The third-order valence-corrected chi connectivity index (χ3v) is 8.26. The van der Waals surface area contributed by atoms with Crippen LogP contribution in [0, 0.1) is 29.8 Å². The number of hydrogen-bond donors (Lipinski definition) is 3. The van der Waals surface area contributed by atoms with Gasteiger partial charge < -0.3 is 35.4 Å². The highest BCUT2D eigenvalue weighted by Crippen LogP contribution is 2.38. The molecule has 10 nitrogen and oxygen atoms in total. The quantitative estimate of drug-likeness (QED) is 0.169. The number of methoxy groups -OCH3 is 4. The Morgan fingerprint density at radius 2 is 1.45 bits per heavy atom. The van der Waals surface area contributed by atoms with Crippen LogP contribution in [0.1, 0.15) is 26.4 Å². The molecule has 1 amide bonds. The van der Waals surface area contributed by atoms with Crippen molar-refractivity contribution in [1.29, 1.82) is 5.26 Å². The maximum absolute atomic E-state index is 11.5. The van der Waals surface area contributed by atoms with Crippen LogP contribution >= 0.6 is 23.6 Å². The number of aromatic nitrogens is 2. The number of nitrogens with one attached hydrogen (secondary N) is 1. The molecule has 12 heteroatoms. The molecule has 0 unspecified atom stereocenters. The number of fused-ring (bicyclic) bond motifs is 1. The van der Waals surface area contributed by atoms with Crippen LogP contribution in [-0.2, 0) is 0 Å². The van der Waals surface area contributed by atoms with E-state index in [4.69, 9.17) is 47.9 Å². The second kappa shape index (κ2) is 13.5. The average molecular weight is 630 g/mol. The molecule has 0 saturated heterocycles. The lowest BCUT2D eigenvalue weighted by Crippen LogP contribution is -2.10. The van der Waals surface area contributed by atoms with E-state index in [-0.39, 0.29) is 0 Å². The van der Waals surface area contributed by atoms with Crippen LogP contribution in [-0.4, -0.2) is 44.3 Å². The van der Waals surface area contributed by atoms with Crippen LogP contribution in [0.5, 0.6) is 23.0 Å². The van der Waals surface area contributed by atoms with E-state index in [0.717, 1.165) is 39.0 Å². The summed E-state index contributed by atoms with van der Waals surface area (Å²) in [5.41, 5.74) is 17.5. The molecule has 0 atom stereocenters. The molecule has 0 aliphatic rings. The topological polar surface area (TPSA) is 158 Å². The van der Waals surface area contributed by atoms with Crippen molar-refractivity contribution in [1.82, 2.24) is 9.97 Å². The number of nitrogens with zero attached hydrogens (tertiary/aromatic N) is 2. The number of nitrogens with two attached hydrogens (primary N) is 2. The van der Waals surface area contributed by atoms with Gasteiger partial charge >= 0.3 is 0 Å². The van der Waals surface area contributed by atoms with E-state index in [1.807, 2.05) is 62.4 Å². The number of rotatable bonds is 7.